The summed E-state index contributed by atoms with van der Waals surface area (Å²) in [6.45, 7) is 5.09. The van der Waals surface area contributed by atoms with Gasteiger partial charge in [-0.15, -0.1) is 6.42 Å². The average Bonchev–Trinajstić information content (AvgIpc) is 2.90. The van der Waals surface area contributed by atoms with Crippen molar-refractivity contribution in [3.63, 3.8) is 0 Å². The van der Waals surface area contributed by atoms with Crippen molar-refractivity contribution in [3.8, 4) is 12.1 Å². The standard InChI is InChI=1S/C26H30N3O6PS3/c1-4-36(31,35-17-18-37-38-19(2)3)29-21-13-11-20(12-14-21)26(30)28-16-15-27-24-9-5-8-23-22(24)7-6-10-25(23)39(32,33)34/h1,5-14,19,27H,15-18H2,2-3H3,(H,28,30)(H,29,31)(H,32,33,34). The number of amides is 1. The number of terminal acetylenes is 1. The van der Waals surface area contributed by atoms with Crippen molar-refractivity contribution < 1.29 is 26.9 Å². The Morgan fingerprint density at radius 1 is 1.08 bits per heavy atom. The second-order valence-electron chi connectivity index (χ2n) is 8.48. The predicted molar refractivity (Wildman–Crippen MR) is 162 cm³/mol. The summed E-state index contributed by atoms with van der Waals surface area (Å²) in [7, 11) is -4.53. The number of rotatable bonds is 14. The van der Waals surface area contributed by atoms with Gasteiger partial charge in [0.1, 0.15) is 4.90 Å². The lowest BCUT2D eigenvalue weighted by atomic mass is 10.1. The van der Waals surface area contributed by atoms with E-state index in [1.807, 2.05) is 0 Å². The third kappa shape index (κ3) is 9.21. The lowest BCUT2D eigenvalue weighted by Crippen LogP contribution is -2.28. The van der Waals surface area contributed by atoms with E-state index in [1.165, 1.54) is 6.07 Å². The highest BCUT2D eigenvalue weighted by Crippen LogP contribution is 2.45. The van der Waals surface area contributed by atoms with Crippen LogP contribution in [0.1, 0.15) is 24.2 Å². The molecule has 9 nitrogen and oxygen atoms in total. The molecule has 0 aliphatic rings. The van der Waals surface area contributed by atoms with E-state index in [1.54, 1.807) is 76.2 Å². The van der Waals surface area contributed by atoms with Crippen LogP contribution in [0.4, 0.5) is 11.4 Å². The van der Waals surface area contributed by atoms with Crippen molar-refractivity contribution >= 4 is 67.3 Å². The van der Waals surface area contributed by atoms with Gasteiger partial charge in [0, 0.05) is 57.5 Å². The quantitative estimate of drug-likeness (QED) is 0.0574. The molecule has 1 atom stereocenters. The van der Waals surface area contributed by atoms with Crippen LogP contribution in [0.15, 0.2) is 65.6 Å². The van der Waals surface area contributed by atoms with Crippen LogP contribution in [0.3, 0.4) is 0 Å². The maximum Gasteiger partial charge on any atom is 0.367 e. The molecule has 3 rings (SSSR count). The van der Waals surface area contributed by atoms with Gasteiger partial charge in [-0.05, 0) is 36.4 Å². The molecule has 1 unspecified atom stereocenters. The summed E-state index contributed by atoms with van der Waals surface area (Å²) in [5.41, 5.74) is 3.75. The van der Waals surface area contributed by atoms with E-state index in [4.69, 9.17) is 10.9 Å². The zero-order valence-electron chi connectivity index (χ0n) is 21.4. The zero-order valence-corrected chi connectivity index (χ0v) is 24.8. The molecule has 0 saturated carbocycles. The number of fused-ring (bicyclic) bond motifs is 1. The number of benzene rings is 3. The van der Waals surface area contributed by atoms with Gasteiger partial charge in [0.05, 0.1) is 6.61 Å². The summed E-state index contributed by atoms with van der Waals surface area (Å²) in [4.78, 5) is 12.4. The van der Waals surface area contributed by atoms with Gasteiger partial charge in [0.25, 0.3) is 16.0 Å². The van der Waals surface area contributed by atoms with Crippen LogP contribution in [-0.4, -0.2) is 49.6 Å². The van der Waals surface area contributed by atoms with Gasteiger partial charge in [-0.1, -0.05) is 59.7 Å². The second kappa shape index (κ2) is 14.1. The minimum Gasteiger partial charge on any atom is -0.383 e. The number of hydrogen-bond donors (Lipinski definition) is 4. The first-order valence-corrected chi connectivity index (χ1v) is 17.4. The van der Waals surface area contributed by atoms with Crippen LogP contribution >= 0.6 is 29.1 Å². The minimum atomic E-state index is -4.36. The molecule has 39 heavy (non-hydrogen) atoms. The maximum absolute atomic E-state index is 12.8. The Morgan fingerprint density at radius 3 is 2.44 bits per heavy atom. The van der Waals surface area contributed by atoms with E-state index < -0.39 is 17.6 Å². The third-order valence-corrected chi connectivity index (χ3v) is 10.4. The first-order chi connectivity index (χ1) is 18.5. The molecular weight excluding hydrogens is 577 g/mol. The summed E-state index contributed by atoms with van der Waals surface area (Å²) in [6.07, 6.45) is 5.44. The lowest BCUT2D eigenvalue weighted by Gasteiger charge is -2.15. The first-order valence-electron chi connectivity index (χ1n) is 11.9. The van der Waals surface area contributed by atoms with Crippen molar-refractivity contribution in [2.24, 2.45) is 0 Å². The number of anilines is 2. The largest absolute Gasteiger partial charge is 0.383 e. The molecule has 3 aromatic rings. The Hall–Kier alpha value is -2.65. The van der Waals surface area contributed by atoms with Crippen molar-refractivity contribution in [3.05, 3.63) is 66.2 Å². The summed E-state index contributed by atoms with van der Waals surface area (Å²) >= 11 is 0. The Morgan fingerprint density at radius 2 is 1.77 bits per heavy atom. The molecule has 13 heteroatoms. The van der Waals surface area contributed by atoms with Crippen LogP contribution in [0, 0.1) is 12.1 Å². The fourth-order valence-corrected chi connectivity index (χ4v) is 7.19. The average molecular weight is 608 g/mol. The number of carbonyl (C=O) groups excluding carboxylic acids is 1. The molecule has 0 aromatic heterocycles. The number of nitrogens with one attached hydrogen (secondary N) is 3. The van der Waals surface area contributed by atoms with Crippen molar-refractivity contribution in [1.82, 2.24) is 5.32 Å². The molecule has 3 aromatic carbocycles. The molecular formula is C26H30N3O6PS3. The Labute approximate surface area is 236 Å². The van der Waals surface area contributed by atoms with E-state index in [9.17, 15) is 22.3 Å². The molecule has 0 fully saturated rings. The molecule has 4 N–H and O–H groups in total. The highest BCUT2D eigenvalue weighted by atomic mass is 33.1. The molecule has 0 radical (unpaired) electrons. The van der Waals surface area contributed by atoms with E-state index in [0.29, 0.717) is 51.8 Å². The monoisotopic (exact) mass is 607 g/mol. The van der Waals surface area contributed by atoms with E-state index in [0.717, 1.165) is 0 Å². The normalized spacial score (nSPS) is 13.0. The summed E-state index contributed by atoms with van der Waals surface area (Å²) in [6, 6.07) is 16.1. The van der Waals surface area contributed by atoms with Crippen LogP contribution in [0.2, 0.25) is 0 Å². The minimum absolute atomic E-state index is 0.167. The molecule has 0 saturated heterocycles. The van der Waals surface area contributed by atoms with Gasteiger partial charge >= 0.3 is 7.52 Å². The van der Waals surface area contributed by atoms with Crippen LogP contribution in [0.25, 0.3) is 10.8 Å². The molecule has 208 valence electrons. The Kier molecular flexibility index (Phi) is 11.2. The van der Waals surface area contributed by atoms with E-state index >= 15 is 0 Å². The van der Waals surface area contributed by atoms with Crippen molar-refractivity contribution in [1.29, 1.82) is 0 Å². The summed E-state index contributed by atoms with van der Waals surface area (Å²) in [5.74, 6) is 0.349. The van der Waals surface area contributed by atoms with E-state index in [-0.39, 0.29) is 17.4 Å². The molecule has 0 spiro atoms. The SMILES string of the molecule is C#CP(=O)(Nc1ccc(C(=O)NCCNc2cccc3c(S(=O)(=O)O)cccc23)cc1)OCCSSC(C)C. The first kappa shape index (κ1) is 30.9. The topological polar surface area (TPSA) is 134 Å². The number of hydrogen-bond acceptors (Lipinski definition) is 8. The van der Waals surface area contributed by atoms with E-state index in [2.05, 4.69) is 35.2 Å². The van der Waals surface area contributed by atoms with Crippen LogP contribution in [-0.2, 0) is 19.2 Å². The highest BCUT2D eigenvalue weighted by Gasteiger charge is 2.20. The molecule has 0 aliphatic carbocycles. The van der Waals surface area contributed by atoms with Crippen LogP contribution < -0.4 is 15.7 Å². The lowest BCUT2D eigenvalue weighted by molar-refractivity contribution is 0.0955. The second-order valence-corrected chi connectivity index (χ2v) is 14.8. The predicted octanol–water partition coefficient (Wildman–Crippen LogP) is 5.93. The van der Waals surface area contributed by atoms with Gasteiger partial charge in [-0.25, -0.2) is 0 Å². The fraction of sp³-hybridized carbons (Fsp3) is 0.269. The zero-order chi connectivity index (χ0) is 28.5. The smallest absolute Gasteiger partial charge is 0.367 e. The number of carbonyl (C=O) groups is 1. The Balaban J connectivity index is 1.51. The Bertz CT molecular complexity index is 1490. The van der Waals surface area contributed by atoms with Gasteiger partial charge < -0.3 is 20.2 Å². The van der Waals surface area contributed by atoms with Gasteiger partial charge in [0.15, 0.2) is 0 Å². The van der Waals surface area contributed by atoms with Gasteiger partial charge in [0.2, 0.25) is 0 Å². The molecule has 1 amide bonds. The summed E-state index contributed by atoms with van der Waals surface area (Å²) < 4.78 is 51.1. The molecule has 0 heterocycles. The van der Waals surface area contributed by atoms with Gasteiger partial charge in [-0.3, -0.25) is 13.9 Å². The molecule has 0 aliphatic heterocycles. The maximum atomic E-state index is 12.8. The highest BCUT2D eigenvalue weighted by molar-refractivity contribution is 8.76. The molecule has 0 bridgehead atoms. The summed E-state index contributed by atoms with van der Waals surface area (Å²) in [5, 5.41) is 10.2. The van der Waals surface area contributed by atoms with Crippen molar-refractivity contribution in [2.45, 2.75) is 24.0 Å². The van der Waals surface area contributed by atoms with Crippen molar-refractivity contribution in [2.75, 3.05) is 35.9 Å². The fourth-order valence-electron chi connectivity index (χ4n) is 3.49. The third-order valence-electron chi connectivity index (χ3n) is 5.18. The van der Waals surface area contributed by atoms with Gasteiger partial charge in [-0.2, -0.15) is 8.42 Å². The van der Waals surface area contributed by atoms with Crippen LogP contribution in [0.5, 0.6) is 0 Å².